The van der Waals surface area contributed by atoms with Crippen molar-refractivity contribution in [3.05, 3.63) is 29.6 Å². The third-order valence-electron chi connectivity index (χ3n) is 2.23. The van der Waals surface area contributed by atoms with Crippen molar-refractivity contribution >= 4 is 5.71 Å². The molecule has 94 valence electrons. The molecule has 0 radical (unpaired) electrons. The molecule has 0 spiro atoms. The number of nitrogens with zero attached hydrogens (tertiary/aromatic N) is 1. The van der Waals surface area contributed by atoms with E-state index in [0.29, 0.717) is 36.7 Å². The van der Waals surface area contributed by atoms with E-state index >= 15 is 0 Å². The molecule has 0 unspecified atom stereocenters. The van der Waals surface area contributed by atoms with E-state index in [1.807, 2.05) is 0 Å². The number of hydrogen-bond acceptors (Lipinski definition) is 4. The van der Waals surface area contributed by atoms with E-state index in [-0.39, 0.29) is 5.82 Å². The Hall–Kier alpha value is -1.62. The lowest BCUT2D eigenvalue weighted by molar-refractivity contribution is 0.172. The fourth-order valence-electron chi connectivity index (χ4n) is 1.35. The minimum Gasteiger partial charge on any atom is -0.493 e. The van der Waals surface area contributed by atoms with Gasteiger partial charge in [-0.05, 0) is 19.1 Å². The molecule has 1 aromatic carbocycles. The summed E-state index contributed by atoms with van der Waals surface area (Å²) in [7, 11) is 1.61. The first-order valence-electron chi connectivity index (χ1n) is 5.29. The van der Waals surface area contributed by atoms with Gasteiger partial charge in [-0.2, -0.15) is 0 Å². The van der Waals surface area contributed by atoms with Gasteiger partial charge >= 0.3 is 0 Å². The molecule has 0 bridgehead atoms. The van der Waals surface area contributed by atoms with Crippen molar-refractivity contribution in [1.29, 1.82) is 0 Å². The molecular formula is C12H16FNO3. The molecule has 0 fully saturated rings. The van der Waals surface area contributed by atoms with Crippen LogP contribution in [0.3, 0.4) is 0 Å². The van der Waals surface area contributed by atoms with E-state index in [9.17, 15) is 4.39 Å². The summed E-state index contributed by atoms with van der Waals surface area (Å²) in [6, 6.07) is 4.10. The molecule has 5 heteroatoms. The van der Waals surface area contributed by atoms with Crippen LogP contribution in [0.1, 0.15) is 18.9 Å². The van der Waals surface area contributed by atoms with Gasteiger partial charge in [0.1, 0.15) is 11.6 Å². The first kappa shape index (κ1) is 13.4. The summed E-state index contributed by atoms with van der Waals surface area (Å²) >= 11 is 0. The highest BCUT2D eigenvalue weighted by molar-refractivity contribution is 6.00. The van der Waals surface area contributed by atoms with Gasteiger partial charge in [-0.1, -0.05) is 5.16 Å². The van der Waals surface area contributed by atoms with E-state index in [1.54, 1.807) is 14.0 Å². The highest BCUT2D eigenvalue weighted by Gasteiger charge is 2.08. The van der Waals surface area contributed by atoms with E-state index in [2.05, 4.69) is 5.16 Å². The Balaban J connectivity index is 2.77. The molecule has 0 atom stereocenters. The zero-order valence-electron chi connectivity index (χ0n) is 9.94. The SMILES string of the molecule is COCCCOc1cc(F)ccc1C(C)=NO. The molecule has 1 N–H and O–H groups in total. The summed E-state index contributed by atoms with van der Waals surface area (Å²) < 4.78 is 23.4. The van der Waals surface area contributed by atoms with Crippen LogP contribution in [-0.2, 0) is 4.74 Å². The highest BCUT2D eigenvalue weighted by Crippen LogP contribution is 2.21. The number of rotatable bonds is 6. The molecule has 0 aliphatic carbocycles. The van der Waals surface area contributed by atoms with Crippen molar-refractivity contribution in [1.82, 2.24) is 0 Å². The molecular weight excluding hydrogens is 225 g/mol. The first-order valence-corrected chi connectivity index (χ1v) is 5.29. The van der Waals surface area contributed by atoms with Crippen molar-refractivity contribution in [3.63, 3.8) is 0 Å². The van der Waals surface area contributed by atoms with Crippen LogP contribution in [0, 0.1) is 5.82 Å². The molecule has 4 nitrogen and oxygen atoms in total. The normalized spacial score (nSPS) is 11.6. The number of halogens is 1. The molecule has 0 aromatic heterocycles. The van der Waals surface area contributed by atoms with E-state index in [0.717, 1.165) is 0 Å². The molecule has 0 amide bonds. The van der Waals surface area contributed by atoms with Crippen molar-refractivity contribution in [3.8, 4) is 5.75 Å². The van der Waals surface area contributed by atoms with Gasteiger partial charge in [0.25, 0.3) is 0 Å². The topological polar surface area (TPSA) is 51.0 Å². The molecule has 1 aromatic rings. The highest BCUT2D eigenvalue weighted by atomic mass is 19.1. The van der Waals surface area contributed by atoms with Gasteiger partial charge in [-0.15, -0.1) is 0 Å². The standard InChI is InChI=1S/C12H16FNO3/c1-9(14-15)11-5-4-10(13)8-12(11)17-7-3-6-16-2/h4-5,8,15H,3,6-7H2,1-2H3. The second kappa shape index (κ2) is 6.85. The predicted molar refractivity (Wildman–Crippen MR) is 62.4 cm³/mol. The Kier molecular flexibility index (Phi) is 5.42. The molecule has 0 saturated heterocycles. The lowest BCUT2D eigenvalue weighted by Gasteiger charge is -2.10. The molecule has 0 saturated carbocycles. The average molecular weight is 241 g/mol. The largest absolute Gasteiger partial charge is 0.493 e. The van der Waals surface area contributed by atoms with Crippen LogP contribution >= 0.6 is 0 Å². The van der Waals surface area contributed by atoms with Crippen LogP contribution in [0.2, 0.25) is 0 Å². The Morgan fingerprint density at radius 1 is 1.41 bits per heavy atom. The lowest BCUT2D eigenvalue weighted by Crippen LogP contribution is -2.06. The van der Waals surface area contributed by atoms with Crippen molar-refractivity contribution in [2.45, 2.75) is 13.3 Å². The predicted octanol–water partition coefficient (Wildman–Crippen LogP) is 2.44. The van der Waals surface area contributed by atoms with Gasteiger partial charge in [-0.25, -0.2) is 4.39 Å². The van der Waals surface area contributed by atoms with Crippen LogP contribution in [-0.4, -0.2) is 31.2 Å². The van der Waals surface area contributed by atoms with Crippen LogP contribution in [0.25, 0.3) is 0 Å². The van der Waals surface area contributed by atoms with Crippen molar-refractivity contribution < 1.29 is 19.1 Å². The number of hydrogen-bond donors (Lipinski definition) is 1. The van der Waals surface area contributed by atoms with Gasteiger partial charge in [0.05, 0.1) is 12.3 Å². The van der Waals surface area contributed by atoms with Gasteiger partial charge in [0, 0.05) is 31.8 Å². The van der Waals surface area contributed by atoms with Crippen molar-refractivity contribution in [2.24, 2.45) is 5.16 Å². The second-order valence-corrected chi connectivity index (χ2v) is 3.52. The average Bonchev–Trinajstić information content (AvgIpc) is 2.34. The Bertz CT molecular complexity index is 393. The Labute approximate surface area is 99.7 Å². The minimum absolute atomic E-state index is 0.372. The van der Waals surface area contributed by atoms with Crippen LogP contribution in [0.5, 0.6) is 5.75 Å². The second-order valence-electron chi connectivity index (χ2n) is 3.52. The molecule has 0 heterocycles. The molecule has 17 heavy (non-hydrogen) atoms. The number of ether oxygens (including phenoxy) is 2. The summed E-state index contributed by atoms with van der Waals surface area (Å²) in [6.07, 6.45) is 0.710. The Morgan fingerprint density at radius 2 is 2.18 bits per heavy atom. The van der Waals surface area contributed by atoms with Gasteiger partial charge in [0.2, 0.25) is 0 Å². The fourth-order valence-corrected chi connectivity index (χ4v) is 1.35. The van der Waals surface area contributed by atoms with E-state index < -0.39 is 0 Å². The smallest absolute Gasteiger partial charge is 0.131 e. The summed E-state index contributed by atoms with van der Waals surface area (Å²) in [5, 5.41) is 11.8. The third-order valence-corrected chi connectivity index (χ3v) is 2.23. The Morgan fingerprint density at radius 3 is 2.82 bits per heavy atom. The quantitative estimate of drug-likeness (QED) is 0.360. The summed E-state index contributed by atoms with van der Waals surface area (Å²) in [4.78, 5) is 0. The zero-order chi connectivity index (χ0) is 12.7. The number of methoxy groups -OCH3 is 1. The molecule has 0 aliphatic heterocycles. The van der Waals surface area contributed by atoms with Gasteiger partial charge in [-0.3, -0.25) is 0 Å². The summed E-state index contributed by atoms with van der Waals surface area (Å²) in [6.45, 7) is 2.62. The van der Waals surface area contributed by atoms with E-state index in [1.165, 1.54) is 18.2 Å². The fraction of sp³-hybridized carbons (Fsp3) is 0.417. The maximum absolute atomic E-state index is 13.1. The van der Waals surface area contributed by atoms with Crippen LogP contribution in [0.4, 0.5) is 4.39 Å². The van der Waals surface area contributed by atoms with Crippen molar-refractivity contribution in [2.75, 3.05) is 20.3 Å². The maximum atomic E-state index is 13.1. The third kappa shape index (κ3) is 4.03. The van der Waals surface area contributed by atoms with Crippen LogP contribution < -0.4 is 4.74 Å². The monoisotopic (exact) mass is 241 g/mol. The summed E-state index contributed by atoms with van der Waals surface area (Å²) in [5.74, 6) is -0.0161. The van der Waals surface area contributed by atoms with Crippen LogP contribution in [0.15, 0.2) is 23.4 Å². The van der Waals surface area contributed by atoms with Gasteiger partial charge in [0.15, 0.2) is 0 Å². The molecule has 1 rings (SSSR count). The minimum atomic E-state index is -0.388. The first-order chi connectivity index (χ1) is 8.19. The lowest BCUT2D eigenvalue weighted by atomic mass is 10.1. The van der Waals surface area contributed by atoms with Gasteiger partial charge < -0.3 is 14.7 Å². The van der Waals surface area contributed by atoms with E-state index in [4.69, 9.17) is 14.7 Å². The zero-order valence-corrected chi connectivity index (χ0v) is 9.94. The molecule has 0 aliphatic rings. The number of benzene rings is 1. The number of oxime groups is 1. The summed E-state index contributed by atoms with van der Waals surface area (Å²) in [5.41, 5.74) is 0.957. The maximum Gasteiger partial charge on any atom is 0.131 e.